The van der Waals surface area contributed by atoms with Crippen molar-refractivity contribution in [3.05, 3.63) is 59.2 Å². The molecule has 0 saturated carbocycles. The third-order valence-electron chi connectivity index (χ3n) is 5.29. The van der Waals surface area contributed by atoms with Crippen molar-refractivity contribution < 1.29 is 9.59 Å². The molecule has 1 atom stereocenters. The lowest BCUT2D eigenvalue weighted by atomic mass is 9.85. The van der Waals surface area contributed by atoms with Crippen LogP contribution in [0, 0.1) is 19.8 Å². The second kappa shape index (κ2) is 7.18. The van der Waals surface area contributed by atoms with E-state index in [-0.39, 0.29) is 29.6 Å². The molecule has 0 radical (unpaired) electrons. The third kappa shape index (κ3) is 4.05. The summed E-state index contributed by atoms with van der Waals surface area (Å²) in [6, 6.07) is 13.9. The molecule has 4 heteroatoms. The molecule has 1 unspecified atom stereocenters. The van der Waals surface area contributed by atoms with Crippen LogP contribution in [0.25, 0.3) is 0 Å². The summed E-state index contributed by atoms with van der Waals surface area (Å²) in [4.78, 5) is 27.1. The van der Waals surface area contributed by atoms with Crippen molar-refractivity contribution in [1.29, 1.82) is 0 Å². The highest BCUT2D eigenvalue weighted by Gasteiger charge is 2.35. The van der Waals surface area contributed by atoms with Crippen LogP contribution in [0.15, 0.2) is 42.5 Å². The van der Waals surface area contributed by atoms with Gasteiger partial charge in [0.25, 0.3) is 0 Å². The number of nitrogens with one attached hydrogen (secondary N) is 1. The molecule has 0 bridgehead atoms. The van der Waals surface area contributed by atoms with Gasteiger partial charge in [-0.15, -0.1) is 0 Å². The Morgan fingerprint density at radius 1 is 1.07 bits per heavy atom. The van der Waals surface area contributed by atoms with Gasteiger partial charge in [0.15, 0.2) is 0 Å². The number of aryl methyl sites for hydroxylation is 2. The summed E-state index contributed by atoms with van der Waals surface area (Å²) in [5, 5.41) is 3.05. The fourth-order valence-electron chi connectivity index (χ4n) is 3.51. The second-order valence-corrected chi connectivity index (χ2v) is 8.46. The lowest BCUT2D eigenvalue weighted by Gasteiger charge is -2.23. The normalized spacial score (nSPS) is 17.3. The Bertz CT molecular complexity index is 880. The summed E-state index contributed by atoms with van der Waals surface area (Å²) in [6.45, 7) is 10.9. The van der Waals surface area contributed by atoms with Crippen molar-refractivity contribution in [3.63, 3.8) is 0 Å². The van der Waals surface area contributed by atoms with Crippen molar-refractivity contribution in [2.75, 3.05) is 16.8 Å². The maximum atomic E-state index is 12.8. The van der Waals surface area contributed by atoms with E-state index in [1.54, 1.807) is 4.90 Å². The fourth-order valence-corrected chi connectivity index (χ4v) is 3.51. The molecule has 0 aromatic heterocycles. The van der Waals surface area contributed by atoms with Crippen molar-refractivity contribution in [1.82, 2.24) is 0 Å². The number of amides is 2. The van der Waals surface area contributed by atoms with E-state index < -0.39 is 0 Å². The molecule has 142 valence electrons. The summed E-state index contributed by atoms with van der Waals surface area (Å²) in [7, 11) is 0. The molecular formula is C23H28N2O2. The zero-order chi connectivity index (χ0) is 19.8. The molecule has 1 heterocycles. The largest absolute Gasteiger partial charge is 0.326 e. The minimum Gasteiger partial charge on any atom is -0.326 e. The van der Waals surface area contributed by atoms with E-state index in [1.807, 2.05) is 56.3 Å². The predicted octanol–water partition coefficient (Wildman–Crippen LogP) is 4.59. The van der Waals surface area contributed by atoms with Gasteiger partial charge in [-0.05, 0) is 54.2 Å². The van der Waals surface area contributed by atoms with E-state index in [4.69, 9.17) is 0 Å². The molecule has 1 aliphatic rings. The second-order valence-electron chi connectivity index (χ2n) is 8.46. The monoisotopic (exact) mass is 364 g/mol. The molecule has 4 nitrogen and oxygen atoms in total. The van der Waals surface area contributed by atoms with Gasteiger partial charge in [-0.25, -0.2) is 0 Å². The van der Waals surface area contributed by atoms with E-state index in [2.05, 4.69) is 26.1 Å². The molecule has 1 saturated heterocycles. The molecule has 2 aromatic rings. The summed E-state index contributed by atoms with van der Waals surface area (Å²) in [5.74, 6) is -0.430. The Hall–Kier alpha value is -2.62. The van der Waals surface area contributed by atoms with Crippen LogP contribution in [0.4, 0.5) is 11.4 Å². The van der Waals surface area contributed by atoms with Crippen molar-refractivity contribution >= 4 is 23.2 Å². The van der Waals surface area contributed by atoms with Gasteiger partial charge in [0, 0.05) is 24.3 Å². The van der Waals surface area contributed by atoms with Gasteiger partial charge >= 0.3 is 0 Å². The minimum atomic E-state index is -0.341. The molecule has 1 N–H and O–H groups in total. The van der Waals surface area contributed by atoms with Gasteiger partial charge in [-0.3, -0.25) is 9.59 Å². The number of benzene rings is 2. The Kier molecular flexibility index (Phi) is 5.09. The first kappa shape index (κ1) is 19.2. The van der Waals surface area contributed by atoms with Crippen LogP contribution in [0.2, 0.25) is 0 Å². The van der Waals surface area contributed by atoms with Gasteiger partial charge in [-0.2, -0.15) is 0 Å². The van der Waals surface area contributed by atoms with Gasteiger partial charge in [0.2, 0.25) is 11.8 Å². The topological polar surface area (TPSA) is 49.4 Å². The number of hydrogen-bond acceptors (Lipinski definition) is 2. The third-order valence-corrected chi connectivity index (χ3v) is 5.29. The maximum Gasteiger partial charge on any atom is 0.229 e. The number of nitrogens with zero attached hydrogens (tertiary/aromatic N) is 1. The van der Waals surface area contributed by atoms with E-state index >= 15 is 0 Å². The Morgan fingerprint density at radius 2 is 1.78 bits per heavy atom. The quantitative estimate of drug-likeness (QED) is 0.866. The molecule has 3 rings (SSSR count). The number of rotatable bonds is 3. The smallest absolute Gasteiger partial charge is 0.229 e. The van der Waals surface area contributed by atoms with Gasteiger partial charge < -0.3 is 10.2 Å². The van der Waals surface area contributed by atoms with E-state index in [9.17, 15) is 9.59 Å². The van der Waals surface area contributed by atoms with Crippen LogP contribution in [0.5, 0.6) is 0 Å². The average molecular weight is 364 g/mol. The molecule has 2 aromatic carbocycles. The van der Waals surface area contributed by atoms with Crippen LogP contribution in [-0.4, -0.2) is 18.4 Å². The Balaban J connectivity index is 1.76. The fraction of sp³-hybridized carbons (Fsp3) is 0.391. The first-order valence-corrected chi connectivity index (χ1v) is 9.45. The molecule has 2 amide bonds. The number of carbonyl (C=O) groups is 2. The van der Waals surface area contributed by atoms with Gasteiger partial charge in [0.05, 0.1) is 5.92 Å². The number of para-hydroxylation sites is 1. The SMILES string of the molecule is Cc1ccc(N2CC(C(=O)Nc3ccccc3C(C)(C)C)CC2=O)cc1C. The number of hydrogen-bond donors (Lipinski definition) is 1. The predicted molar refractivity (Wildman–Crippen MR) is 110 cm³/mol. The van der Waals surface area contributed by atoms with Crippen LogP contribution in [-0.2, 0) is 15.0 Å². The Morgan fingerprint density at radius 3 is 2.44 bits per heavy atom. The Labute approximate surface area is 161 Å². The summed E-state index contributed by atoms with van der Waals surface area (Å²) in [6.07, 6.45) is 0.246. The first-order chi connectivity index (χ1) is 12.7. The number of carbonyl (C=O) groups excluding carboxylic acids is 2. The molecular weight excluding hydrogens is 336 g/mol. The van der Waals surface area contributed by atoms with Crippen LogP contribution < -0.4 is 10.2 Å². The summed E-state index contributed by atoms with van der Waals surface area (Å²) < 4.78 is 0. The van der Waals surface area contributed by atoms with E-state index in [0.29, 0.717) is 6.54 Å². The van der Waals surface area contributed by atoms with Crippen molar-refractivity contribution in [2.24, 2.45) is 5.92 Å². The minimum absolute atomic E-state index is 0.00232. The van der Waals surface area contributed by atoms with Crippen LogP contribution >= 0.6 is 0 Å². The van der Waals surface area contributed by atoms with Crippen molar-refractivity contribution in [3.8, 4) is 0 Å². The molecule has 0 aliphatic carbocycles. The van der Waals surface area contributed by atoms with Crippen LogP contribution in [0.1, 0.15) is 43.9 Å². The highest BCUT2D eigenvalue weighted by molar-refractivity contribution is 6.03. The summed E-state index contributed by atoms with van der Waals surface area (Å²) >= 11 is 0. The molecule has 1 fully saturated rings. The van der Waals surface area contributed by atoms with E-state index in [0.717, 1.165) is 22.5 Å². The zero-order valence-electron chi connectivity index (χ0n) is 16.8. The first-order valence-electron chi connectivity index (χ1n) is 9.45. The molecule has 27 heavy (non-hydrogen) atoms. The van der Waals surface area contributed by atoms with Crippen molar-refractivity contribution in [2.45, 2.75) is 46.5 Å². The highest BCUT2D eigenvalue weighted by atomic mass is 16.2. The molecule has 1 aliphatic heterocycles. The van der Waals surface area contributed by atoms with Crippen LogP contribution in [0.3, 0.4) is 0 Å². The average Bonchev–Trinajstić information content (AvgIpc) is 2.99. The lowest BCUT2D eigenvalue weighted by molar-refractivity contribution is -0.122. The molecule has 0 spiro atoms. The summed E-state index contributed by atoms with van der Waals surface area (Å²) in [5.41, 5.74) is 5.06. The number of anilines is 2. The van der Waals surface area contributed by atoms with Gasteiger partial charge in [-0.1, -0.05) is 45.0 Å². The van der Waals surface area contributed by atoms with E-state index in [1.165, 1.54) is 5.56 Å². The lowest BCUT2D eigenvalue weighted by Crippen LogP contribution is -2.29. The zero-order valence-corrected chi connectivity index (χ0v) is 16.8. The van der Waals surface area contributed by atoms with Gasteiger partial charge in [0.1, 0.15) is 0 Å². The maximum absolute atomic E-state index is 12.8. The highest BCUT2D eigenvalue weighted by Crippen LogP contribution is 2.31. The standard InChI is InChI=1S/C23H28N2O2/c1-15-10-11-18(12-16(15)2)25-14-17(13-21(25)26)22(27)24-20-9-7-6-8-19(20)23(3,4)5/h6-12,17H,13-14H2,1-5H3,(H,24,27).